The highest BCUT2D eigenvalue weighted by atomic mass is 32.1. The van der Waals surface area contributed by atoms with Crippen LogP contribution in [0.3, 0.4) is 0 Å². The van der Waals surface area contributed by atoms with Gasteiger partial charge in [0, 0.05) is 0 Å². The minimum atomic E-state index is -0.630. The topological polar surface area (TPSA) is 26.3 Å². The number of hydrogen-bond donors (Lipinski definition) is 1. The Morgan fingerprint density at radius 1 is 1.53 bits per heavy atom. The van der Waals surface area contributed by atoms with Crippen LogP contribution in [0.25, 0.3) is 6.08 Å². The number of carbonyl (C=O) groups excluding carboxylic acids is 1. The first-order chi connectivity index (χ1) is 8.19. The fourth-order valence-corrected chi connectivity index (χ4v) is 1.45. The van der Waals surface area contributed by atoms with Crippen LogP contribution in [0.5, 0.6) is 0 Å². The fraction of sp³-hybridized carbons (Fsp3) is 0.308. The van der Waals surface area contributed by atoms with Gasteiger partial charge >= 0.3 is 5.97 Å². The lowest BCUT2D eigenvalue weighted by Crippen LogP contribution is -2.07. The van der Waals surface area contributed by atoms with Gasteiger partial charge < -0.3 is 4.74 Å². The van der Waals surface area contributed by atoms with Gasteiger partial charge in [-0.25, -0.2) is 9.18 Å². The van der Waals surface area contributed by atoms with Gasteiger partial charge in [-0.05, 0) is 36.8 Å². The smallest absolute Gasteiger partial charge is 0.341 e. The summed E-state index contributed by atoms with van der Waals surface area (Å²) in [4.78, 5) is 11.4. The monoisotopic (exact) mass is 254 g/mol. The molecular weight excluding hydrogens is 239 g/mol. The van der Waals surface area contributed by atoms with Gasteiger partial charge in [0.05, 0.1) is 12.2 Å². The molecule has 0 radical (unpaired) electrons. The Balaban J connectivity index is 2.90. The third-order valence-corrected chi connectivity index (χ3v) is 2.35. The molecular formula is C13H15FO2S. The molecule has 0 spiro atoms. The van der Waals surface area contributed by atoms with Crippen LogP contribution in [0, 0.1) is 5.82 Å². The third-order valence-electron chi connectivity index (χ3n) is 2.09. The number of ether oxygens (including phenoxy) is 1. The molecule has 1 rings (SSSR count). The third kappa shape index (κ3) is 4.23. The molecule has 0 aliphatic carbocycles. The maximum Gasteiger partial charge on any atom is 0.341 e. The lowest BCUT2D eigenvalue weighted by Gasteiger charge is -2.04. The first-order valence-corrected chi connectivity index (χ1v) is 6.06. The van der Waals surface area contributed by atoms with Gasteiger partial charge in [-0.3, -0.25) is 0 Å². The van der Waals surface area contributed by atoms with Crippen molar-refractivity contribution in [1.82, 2.24) is 0 Å². The van der Waals surface area contributed by atoms with Crippen molar-refractivity contribution in [2.45, 2.75) is 13.3 Å². The van der Waals surface area contributed by atoms with Crippen LogP contribution in [-0.4, -0.2) is 18.3 Å². The van der Waals surface area contributed by atoms with E-state index in [1.807, 2.05) is 12.2 Å². The van der Waals surface area contributed by atoms with E-state index in [0.717, 1.165) is 17.7 Å². The van der Waals surface area contributed by atoms with Crippen molar-refractivity contribution in [1.29, 1.82) is 0 Å². The van der Waals surface area contributed by atoms with E-state index in [-0.39, 0.29) is 12.2 Å². The first-order valence-electron chi connectivity index (χ1n) is 5.43. The molecule has 17 heavy (non-hydrogen) atoms. The molecule has 1 aromatic rings. The molecule has 1 aromatic carbocycles. The zero-order valence-corrected chi connectivity index (χ0v) is 10.5. The van der Waals surface area contributed by atoms with E-state index >= 15 is 0 Å². The first kappa shape index (κ1) is 13.8. The molecule has 0 aromatic heterocycles. The van der Waals surface area contributed by atoms with Crippen molar-refractivity contribution in [3.63, 3.8) is 0 Å². The average molecular weight is 254 g/mol. The lowest BCUT2D eigenvalue weighted by atomic mass is 10.1. The molecule has 0 fully saturated rings. The number of thiol groups is 1. The highest BCUT2D eigenvalue weighted by Gasteiger charge is 2.12. The summed E-state index contributed by atoms with van der Waals surface area (Å²) in [5.74, 6) is -0.438. The largest absolute Gasteiger partial charge is 0.462 e. The van der Waals surface area contributed by atoms with Crippen molar-refractivity contribution < 1.29 is 13.9 Å². The van der Waals surface area contributed by atoms with Gasteiger partial charge in [0.25, 0.3) is 0 Å². The summed E-state index contributed by atoms with van der Waals surface area (Å²) in [5, 5.41) is 0. The molecule has 0 heterocycles. The number of hydrogen-bond acceptors (Lipinski definition) is 3. The highest BCUT2D eigenvalue weighted by Crippen LogP contribution is 2.13. The lowest BCUT2D eigenvalue weighted by molar-refractivity contribution is 0.0521. The van der Waals surface area contributed by atoms with Gasteiger partial charge in [0.1, 0.15) is 5.82 Å². The number of carbonyl (C=O) groups is 1. The Morgan fingerprint density at radius 3 is 2.94 bits per heavy atom. The van der Waals surface area contributed by atoms with E-state index in [4.69, 9.17) is 4.74 Å². The standard InChI is InChI=1S/C13H15FO2S/c1-2-16-13(15)11-9-10(5-3-4-8-17)6-7-12(11)14/h3,5-7,9,17H,2,4,8H2,1H3. The SMILES string of the molecule is CCOC(=O)c1cc(C=CCCS)ccc1F. The summed E-state index contributed by atoms with van der Waals surface area (Å²) in [6.07, 6.45) is 4.59. The zero-order chi connectivity index (χ0) is 12.7. The van der Waals surface area contributed by atoms with E-state index in [9.17, 15) is 9.18 Å². The van der Waals surface area contributed by atoms with Crippen LogP contribution >= 0.6 is 12.6 Å². The van der Waals surface area contributed by atoms with Crippen LogP contribution in [0.2, 0.25) is 0 Å². The second-order valence-corrected chi connectivity index (χ2v) is 3.82. The quantitative estimate of drug-likeness (QED) is 0.644. The Labute approximate surface area is 106 Å². The second kappa shape index (κ2) is 7.12. The van der Waals surface area contributed by atoms with Crippen LogP contribution in [0.4, 0.5) is 4.39 Å². The maximum atomic E-state index is 13.4. The molecule has 0 saturated carbocycles. The van der Waals surface area contributed by atoms with Crippen molar-refractivity contribution in [3.05, 3.63) is 41.2 Å². The predicted molar refractivity (Wildman–Crippen MR) is 69.9 cm³/mol. The van der Waals surface area contributed by atoms with E-state index in [1.54, 1.807) is 13.0 Å². The van der Waals surface area contributed by atoms with Crippen molar-refractivity contribution in [2.24, 2.45) is 0 Å². The minimum absolute atomic E-state index is 0.0279. The number of esters is 1. The van der Waals surface area contributed by atoms with E-state index < -0.39 is 11.8 Å². The summed E-state index contributed by atoms with van der Waals surface area (Å²) in [6, 6.07) is 4.38. The van der Waals surface area contributed by atoms with Gasteiger partial charge in [0.2, 0.25) is 0 Å². The molecule has 0 atom stereocenters. The van der Waals surface area contributed by atoms with Gasteiger partial charge in [0.15, 0.2) is 0 Å². The second-order valence-electron chi connectivity index (χ2n) is 3.37. The summed E-state index contributed by atoms with van der Waals surface area (Å²) < 4.78 is 18.2. The molecule has 0 saturated heterocycles. The molecule has 2 nitrogen and oxygen atoms in total. The molecule has 0 N–H and O–H groups in total. The van der Waals surface area contributed by atoms with E-state index in [0.29, 0.717) is 0 Å². The van der Waals surface area contributed by atoms with Gasteiger partial charge in [-0.1, -0.05) is 18.2 Å². The van der Waals surface area contributed by atoms with Crippen molar-refractivity contribution in [3.8, 4) is 0 Å². The fourth-order valence-electron chi connectivity index (χ4n) is 1.31. The average Bonchev–Trinajstić information content (AvgIpc) is 2.32. The molecule has 0 aliphatic heterocycles. The maximum absolute atomic E-state index is 13.4. The Kier molecular flexibility index (Phi) is 5.77. The summed E-state index contributed by atoms with van der Waals surface area (Å²) in [7, 11) is 0. The van der Waals surface area contributed by atoms with Crippen LogP contribution in [-0.2, 0) is 4.74 Å². The summed E-state index contributed by atoms with van der Waals surface area (Å²) in [6.45, 7) is 1.92. The zero-order valence-electron chi connectivity index (χ0n) is 9.65. The van der Waals surface area contributed by atoms with Crippen LogP contribution in [0.15, 0.2) is 24.3 Å². The van der Waals surface area contributed by atoms with Crippen LogP contribution < -0.4 is 0 Å². The molecule has 0 bridgehead atoms. The van der Waals surface area contributed by atoms with Gasteiger partial charge in [-0.15, -0.1) is 0 Å². The summed E-state index contributed by atoms with van der Waals surface area (Å²) in [5.41, 5.74) is 0.746. The number of benzene rings is 1. The Morgan fingerprint density at radius 2 is 2.29 bits per heavy atom. The Bertz CT molecular complexity index is 416. The minimum Gasteiger partial charge on any atom is -0.462 e. The van der Waals surface area contributed by atoms with E-state index in [2.05, 4.69) is 12.6 Å². The molecule has 0 unspecified atom stereocenters. The number of halogens is 1. The predicted octanol–water partition coefficient (Wildman–Crippen LogP) is 3.34. The molecule has 0 aliphatic rings. The number of allylic oxidation sites excluding steroid dienone is 1. The molecule has 4 heteroatoms. The van der Waals surface area contributed by atoms with Gasteiger partial charge in [-0.2, -0.15) is 12.6 Å². The molecule has 0 amide bonds. The number of rotatable bonds is 5. The highest BCUT2D eigenvalue weighted by molar-refractivity contribution is 7.80. The van der Waals surface area contributed by atoms with Crippen molar-refractivity contribution in [2.75, 3.05) is 12.4 Å². The normalized spacial score (nSPS) is 10.8. The van der Waals surface area contributed by atoms with Crippen LogP contribution in [0.1, 0.15) is 29.3 Å². The van der Waals surface area contributed by atoms with E-state index in [1.165, 1.54) is 12.1 Å². The molecule has 92 valence electrons. The van der Waals surface area contributed by atoms with Crippen molar-refractivity contribution >= 4 is 24.7 Å². The Hall–Kier alpha value is -1.29. The summed E-state index contributed by atoms with van der Waals surface area (Å²) >= 11 is 4.08.